The Bertz CT molecular complexity index is 2020. The molecule has 3 aromatic heterocycles. The van der Waals surface area contributed by atoms with Gasteiger partial charge >= 0.3 is 0 Å². The second-order valence-electron chi connectivity index (χ2n) is 14.7. The summed E-state index contributed by atoms with van der Waals surface area (Å²) in [5.74, 6) is 2.51. The molecule has 7 unspecified atom stereocenters. The first-order valence-electron chi connectivity index (χ1n) is 16.7. The highest BCUT2D eigenvalue weighted by molar-refractivity contribution is 7.99. The smallest absolute Gasteiger partial charge is 0.229 e. The molecule has 8 nitrogen and oxygen atoms in total. The standard InChI is InChI=1S/C37H40N6O2S/c1-36-17-21-19-38-43(34-39-26-8-4-5-9-27(26)40-34)30(21)16-22(36)12-13-23-24-14-15-25(37(24,2)18-31(44)33(23)36)32(45)20-46-35-41-28-10-6-7-11-29(28)42(35)3/h4-11,16,19,23-25,31,33,44H,12-15,17-18,20H2,1-3H3,(H,39,40). The molecule has 3 fully saturated rings. The minimum atomic E-state index is -0.437. The average Bonchev–Trinajstić information content (AvgIpc) is 3.81. The molecule has 3 heterocycles. The molecular weight excluding hydrogens is 593 g/mol. The number of ketones is 1. The summed E-state index contributed by atoms with van der Waals surface area (Å²) in [6.45, 7) is 4.70. The maximum Gasteiger partial charge on any atom is 0.229 e. The molecule has 4 aliphatic carbocycles. The zero-order valence-corrected chi connectivity index (χ0v) is 27.4. The van der Waals surface area contributed by atoms with Crippen molar-refractivity contribution in [2.45, 2.75) is 63.6 Å². The number of benzene rings is 2. The van der Waals surface area contributed by atoms with E-state index in [0.717, 1.165) is 71.0 Å². The third-order valence-corrected chi connectivity index (χ3v) is 13.5. The molecule has 236 valence electrons. The van der Waals surface area contributed by atoms with E-state index in [2.05, 4.69) is 35.5 Å². The number of para-hydroxylation sites is 4. The number of aryl methyl sites for hydroxylation is 1. The lowest BCUT2D eigenvalue weighted by molar-refractivity contribution is -0.140. The van der Waals surface area contributed by atoms with Crippen LogP contribution in [-0.4, -0.2) is 52.0 Å². The van der Waals surface area contributed by atoms with E-state index in [-0.39, 0.29) is 22.7 Å². The van der Waals surface area contributed by atoms with Crippen molar-refractivity contribution in [1.82, 2.24) is 29.3 Å². The Morgan fingerprint density at radius 3 is 2.70 bits per heavy atom. The molecule has 2 aromatic carbocycles. The fourth-order valence-corrected chi connectivity index (χ4v) is 11.3. The number of H-pyrrole nitrogens is 1. The van der Waals surface area contributed by atoms with Gasteiger partial charge in [0.2, 0.25) is 5.95 Å². The maximum absolute atomic E-state index is 13.9. The summed E-state index contributed by atoms with van der Waals surface area (Å²) in [5, 5.41) is 17.7. The van der Waals surface area contributed by atoms with Gasteiger partial charge in [-0.05, 0) is 103 Å². The number of imidazole rings is 2. The number of hydrogen-bond acceptors (Lipinski definition) is 6. The van der Waals surface area contributed by atoms with Crippen LogP contribution in [0.25, 0.3) is 34.1 Å². The number of aliphatic hydroxyl groups excluding tert-OH is 1. The molecule has 2 N–H and O–H groups in total. The van der Waals surface area contributed by atoms with Gasteiger partial charge in [0.05, 0.1) is 45.8 Å². The summed E-state index contributed by atoms with van der Waals surface area (Å²) < 4.78 is 4.03. The van der Waals surface area contributed by atoms with Gasteiger partial charge in [0.15, 0.2) is 5.16 Å². The van der Waals surface area contributed by atoms with Crippen LogP contribution >= 0.6 is 11.8 Å². The molecule has 0 spiro atoms. The van der Waals surface area contributed by atoms with E-state index in [4.69, 9.17) is 15.1 Å². The molecule has 4 aliphatic rings. The minimum absolute atomic E-state index is 0.0139. The number of hydrogen-bond donors (Lipinski definition) is 2. The van der Waals surface area contributed by atoms with E-state index in [1.165, 1.54) is 11.1 Å². The molecule has 0 saturated heterocycles. The van der Waals surface area contributed by atoms with Gasteiger partial charge in [-0.2, -0.15) is 5.10 Å². The molecule has 5 aromatic rings. The molecule has 0 radical (unpaired) electrons. The number of thioether (sulfide) groups is 1. The van der Waals surface area contributed by atoms with Crippen molar-refractivity contribution in [3.63, 3.8) is 0 Å². The molecule has 3 saturated carbocycles. The maximum atomic E-state index is 13.9. The summed E-state index contributed by atoms with van der Waals surface area (Å²) in [5.41, 5.74) is 7.42. The fourth-order valence-electron chi connectivity index (χ4n) is 10.4. The summed E-state index contributed by atoms with van der Waals surface area (Å²) in [7, 11) is 2.02. The SMILES string of the molecule is Cn1c(SCC(=O)C2CCC3C4CCC5=Cc6c(cnn6-c6nc7ccccc7[nH]6)CC5(C)C4C(O)CC23C)nc2ccccc21. The highest BCUT2D eigenvalue weighted by Gasteiger charge is 2.63. The number of rotatable bonds is 5. The number of carbonyl (C=O) groups is 1. The van der Waals surface area contributed by atoms with Crippen LogP contribution in [0.1, 0.15) is 57.2 Å². The van der Waals surface area contributed by atoms with E-state index < -0.39 is 6.10 Å². The van der Waals surface area contributed by atoms with Crippen molar-refractivity contribution in [2.75, 3.05) is 5.75 Å². The van der Waals surface area contributed by atoms with Gasteiger partial charge < -0.3 is 14.7 Å². The van der Waals surface area contributed by atoms with Crippen LogP contribution < -0.4 is 0 Å². The normalized spacial score (nSPS) is 31.7. The topological polar surface area (TPSA) is 102 Å². The van der Waals surface area contributed by atoms with Gasteiger partial charge in [-0.25, -0.2) is 14.6 Å². The minimum Gasteiger partial charge on any atom is -0.393 e. The van der Waals surface area contributed by atoms with Crippen LogP contribution in [0.4, 0.5) is 0 Å². The lowest BCUT2D eigenvalue weighted by atomic mass is 9.46. The van der Waals surface area contributed by atoms with E-state index in [0.29, 0.717) is 29.8 Å². The van der Waals surface area contributed by atoms with Crippen molar-refractivity contribution in [1.29, 1.82) is 0 Å². The molecule has 9 rings (SSSR count). The zero-order valence-electron chi connectivity index (χ0n) is 26.6. The van der Waals surface area contributed by atoms with E-state index in [9.17, 15) is 9.90 Å². The predicted octanol–water partition coefficient (Wildman–Crippen LogP) is 6.77. The first kappa shape index (κ1) is 28.5. The number of aromatic amines is 1. The molecule has 0 amide bonds. The Morgan fingerprint density at radius 2 is 1.87 bits per heavy atom. The predicted molar refractivity (Wildman–Crippen MR) is 181 cm³/mol. The number of carbonyl (C=O) groups excluding carboxylic acids is 1. The number of allylic oxidation sites excluding steroid dienone is 1. The Kier molecular flexibility index (Phi) is 6.30. The van der Waals surface area contributed by atoms with Gasteiger partial charge in [0, 0.05) is 13.0 Å². The van der Waals surface area contributed by atoms with Gasteiger partial charge in [-0.15, -0.1) is 0 Å². The molecule has 0 aliphatic heterocycles. The summed E-state index contributed by atoms with van der Waals surface area (Å²) in [4.78, 5) is 26.9. The van der Waals surface area contributed by atoms with Crippen LogP contribution in [0.3, 0.4) is 0 Å². The average molecular weight is 633 g/mol. The Morgan fingerprint density at radius 1 is 1.07 bits per heavy atom. The number of Topliss-reactive ketones (excluding diaryl/α,β-unsaturated/α-hetero) is 1. The largest absolute Gasteiger partial charge is 0.393 e. The quantitative estimate of drug-likeness (QED) is 0.208. The number of nitrogens with one attached hydrogen (secondary N) is 1. The van der Waals surface area contributed by atoms with E-state index in [1.54, 1.807) is 11.8 Å². The second kappa shape index (κ2) is 10.2. The summed E-state index contributed by atoms with van der Waals surface area (Å²) >= 11 is 1.56. The molecule has 0 bridgehead atoms. The highest BCUT2D eigenvalue weighted by atomic mass is 32.2. The van der Waals surface area contributed by atoms with Crippen molar-refractivity contribution in [3.05, 3.63) is 71.6 Å². The van der Waals surface area contributed by atoms with Crippen LogP contribution in [0, 0.1) is 34.5 Å². The molecule has 9 heteroatoms. The lowest BCUT2D eigenvalue weighted by Crippen LogP contribution is -2.57. The lowest BCUT2D eigenvalue weighted by Gasteiger charge is -2.59. The number of aliphatic hydroxyl groups is 1. The summed E-state index contributed by atoms with van der Waals surface area (Å²) in [6.07, 6.45) is 9.54. The number of aromatic nitrogens is 6. The van der Waals surface area contributed by atoms with E-state index >= 15 is 0 Å². The van der Waals surface area contributed by atoms with Gasteiger partial charge in [-0.1, -0.05) is 55.4 Å². The molecular formula is C37H40N6O2S. The van der Waals surface area contributed by atoms with Crippen molar-refractivity contribution >= 4 is 45.7 Å². The third kappa shape index (κ3) is 4.03. The highest BCUT2D eigenvalue weighted by Crippen LogP contribution is 2.66. The van der Waals surface area contributed by atoms with Gasteiger partial charge in [-0.3, -0.25) is 4.79 Å². The van der Waals surface area contributed by atoms with Crippen LogP contribution in [0.15, 0.2) is 65.5 Å². The van der Waals surface area contributed by atoms with Crippen LogP contribution in [0.5, 0.6) is 0 Å². The van der Waals surface area contributed by atoms with Crippen LogP contribution in [0.2, 0.25) is 0 Å². The van der Waals surface area contributed by atoms with Crippen LogP contribution in [-0.2, 0) is 18.3 Å². The van der Waals surface area contributed by atoms with E-state index in [1.807, 2.05) is 60.4 Å². The Balaban J connectivity index is 0.963. The van der Waals surface area contributed by atoms with Gasteiger partial charge in [0.1, 0.15) is 5.78 Å². The van der Waals surface area contributed by atoms with Crippen molar-refractivity contribution in [3.8, 4) is 5.95 Å². The summed E-state index contributed by atoms with van der Waals surface area (Å²) in [6, 6.07) is 16.2. The third-order valence-electron chi connectivity index (χ3n) is 12.5. The van der Waals surface area contributed by atoms with Crippen molar-refractivity contribution in [2.24, 2.45) is 41.5 Å². The Hall–Kier alpha value is -3.69. The second-order valence-corrected chi connectivity index (χ2v) is 15.7. The first-order valence-corrected chi connectivity index (χ1v) is 17.7. The molecule has 7 atom stereocenters. The molecule has 46 heavy (non-hydrogen) atoms. The Labute approximate surface area is 272 Å². The monoisotopic (exact) mass is 632 g/mol. The van der Waals surface area contributed by atoms with Gasteiger partial charge in [0.25, 0.3) is 0 Å². The number of fused-ring (bicyclic) bond motifs is 8. The number of nitrogens with zero attached hydrogens (tertiary/aromatic N) is 5. The zero-order chi connectivity index (χ0) is 31.4. The van der Waals surface area contributed by atoms with Crippen molar-refractivity contribution < 1.29 is 9.90 Å². The first-order chi connectivity index (χ1) is 22.2. The fraction of sp³-hybridized carbons (Fsp3) is 0.459.